The summed E-state index contributed by atoms with van der Waals surface area (Å²) in [5, 5.41) is 7.22. The number of nitrogens with two attached hydrogens (primary N) is 2. The van der Waals surface area contributed by atoms with Crippen molar-refractivity contribution in [1.82, 2.24) is 0 Å². The number of hydrogen-bond acceptors (Lipinski definition) is 2. The molecule has 11 heavy (non-hydrogen) atoms. The number of rotatable bonds is 2. The van der Waals surface area contributed by atoms with Crippen LogP contribution in [0.4, 0.5) is 0 Å². The molecule has 0 radical (unpaired) electrons. The fourth-order valence-electron chi connectivity index (χ4n) is 0.313. The summed E-state index contributed by atoms with van der Waals surface area (Å²) < 4.78 is 0. The third-order valence-electron chi connectivity index (χ3n) is 0.636. The number of halogens is 1. The first-order chi connectivity index (χ1) is 5.16. The van der Waals surface area contributed by atoms with Crippen LogP contribution >= 0.6 is 23.4 Å². The Labute approximate surface area is 74.2 Å². The molecule has 5 N–H and O–H groups in total. The van der Waals surface area contributed by atoms with Crippen LogP contribution in [0.15, 0.2) is 16.6 Å². The third-order valence-corrected chi connectivity index (χ3v) is 1.54. The van der Waals surface area contributed by atoms with E-state index in [2.05, 4.69) is 4.99 Å². The van der Waals surface area contributed by atoms with Gasteiger partial charge in [-0.2, -0.15) is 4.99 Å². The van der Waals surface area contributed by atoms with Gasteiger partial charge in [0.25, 0.3) is 0 Å². The lowest BCUT2D eigenvalue weighted by atomic mass is 10.8. The Hall–Kier alpha value is -0.680. The van der Waals surface area contributed by atoms with Gasteiger partial charge in [-0.3, -0.25) is 5.41 Å². The van der Waals surface area contributed by atoms with Crippen molar-refractivity contribution in [3.8, 4) is 0 Å². The monoisotopic (exact) mass is 192 g/mol. The van der Waals surface area contributed by atoms with Gasteiger partial charge < -0.3 is 11.5 Å². The van der Waals surface area contributed by atoms with Gasteiger partial charge in [0.2, 0.25) is 0 Å². The van der Waals surface area contributed by atoms with Crippen LogP contribution < -0.4 is 11.5 Å². The van der Waals surface area contributed by atoms with Crippen LogP contribution in [-0.4, -0.2) is 16.9 Å². The highest BCUT2D eigenvalue weighted by molar-refractivity contribution is 8.13. The molecule has 62 valence electrons. The molecule has 0 aliphatic carbocycles. The zero-order valence-corrected chi connectivity index (χ0v) is 7.32. The Morgan fingerprint density at radius 2 is 2.27 bits per heavy atom. The number of hydrogen-bond donors (Lipinski definition) is 3. The van der Waals surface area contributed by atoms with E-state index < -0.39 is 0 Å². The van der Waals surface area contributed by atoms with E-state index >= 15 is 0 Å². The molecule has 0 bridgehead atoms. The van der Waals surface area contributed by atoms with Crippen molar-refractivity contribution >= 4 is 34.5 Å². The number of amidine groups is 1. The van der Waals surface area contributed by atoms with Gasteiger partial charge >= 0.3 is 0 Å². The van der Waals surface area contributed by atoms with Crippen molar-refractivity contribution in [2.75, 3.05) is 5.75 Å². The van der Waals surface area contributed by atoms with E-state index in [0.717, 1.165) is 0 Å². The zero-order valence-electron chi connectivity index (χ0n) is 5.75. The van der Waals surface area contributed by atoms with Crippen molar-refractivity contribution in [3.63, 3.8) is 0 Å². The van der Waals surface area contributed by atoms with E-state index in [4.69, 9.17) is 28.5 Å². The number of thioether (sulfide) groups is 1. The molecule has 0 rings (SSSR count). The normalized spacial score (nSPS) is 9.91. The number of aliphatic imine (C=N–C) groups is 1. The first-order valence-electron chi connectivity index (χ1n) is 2.73. The Kier molecular flexibility index (Phi) is 5.68. The van der Waals surface area contributed by atoms with Crippen molar-refractivity contribution < 1.29 is 0 Å². The molecule has 0 saturated heterocycles. The number of nitrogens with zero attached hydrogens (tertiary/aromatic N) is 1. The highest BCUT2D eigenvalue weighted by Crippen LogP contribution is 2.03. The second-order valence-corrected chi connectivity index (χ2v) is 2.78. The third kappa shape index (κ3) is 7.21. The topological polar surface area (TPSA) is 88.2 Å². The molecule has 6 heteroatoms. The lowest BCUT2D eigenvalue weighted by Gasteiger charge is -1.93. The fourth-order valence-corrected chi connectivity index (χ4v) is 1.03. The van der Waals surface area contributed by atoms with Crippen molar-refractivity contribution in [2.45, 2.75) is 0 Å². The van der Waals surface area contributed by atoms with Crippen LogP contribution in [0.3, 0.4) is 0 Å². The minimum atomic E-state index is -0.0997. The summed E-state index contributed by atoms with van der Waals surface area (Å²) in [5.74, 6) is 0.497. The molecule has 0 aliphatic heterocycles. The van der Waals surface area contributed by atoms with Gasteiger partial charge in [0, 0.05) is 11.3 Å². The molecular weight excluding hydrogens is 184 g/mol. The van der Waals surface area contributed by atoms with Crippen LogP contribution in [-0.2, 0) is 0 Å². The van der Waals surface area contributed by atoms with Crippen LogP contribution in [0.5, 0.6) is 0 Å². The highest BCUT2D eigenvalue weighted by atomic mass is 35.5. The minimum Gasteiger partial charge on any atom is -0.370 e. The van der Waals surface area contributed by atoms with Crippen LogP contribution in [0.25, 0.3) is 0 Å². The molecule has 0 fully saturated rings. The summed E-state index contributed by atoms with van der Waals surface area (Å²) in [4.78, 5) is 3.49. The zero-order chi connectivity index (χ0) is 8.69. The van der Waals surface area contributed by atoms with E-state index in [1.807, 2.05) is 0 Å². The van der Waals surface area contributed by atoms with Crippen molar-refractivity contribution in [3.05, 3.63) is 11.6 Å². The van der Waals surface area contributed by atoms with E-state index in [0.29, 0.717) is 5.75 Å². The molecular formula is C5H9ClN4S. The summed E-state index contributed by atoms with van der Waals surface area (Å²) in [6.45, 7) is 0. The van der Waals surface area contributed by atoms with E-state index in [1.54, 1.807) is 6.08 Å². The molecule has 0 aromatic carbocycles. The first kappa shape index (κ1) is 10.3. The Balaban J connectivity index is 3.62. The molecule has 0 saturated carbocycles. The second-order valence-electron chi connectivity index (χ2n) is 1.51. The van der Waals surface area contributed by atoms with Gasteiger partial charge in [-0.1, -0.05) is 29.4 Å². The largest absolute Gasteiger partial charge is 0.370 e. The summed E-state index contributed by atoms with van der Waals surface area (Å²) >= 11 is 6.44. The van der Waals surface area contributed by atoms with Gasteiger partial charge in [-0.05, 0) is 0 Å². The second kappa shape index (κ2) is 6.06. The van der Waals surface area contributed by atoms with Crippen LogP contribution in [0.1, 0.15) is 0 Å². The van der Waals surface area contributed by atoms with Crippen molar-refractivity contribution in [1.29, 1.82) is 5.41 Å². The van der Waals surface area contributed by atoms with E-state index in [-0.39, 0.29) is 11.1 Å². The van der Waals surface area contributed by atoms with Gasteiger partial charge in [-0.25, -0.2) is 0 Å². The number of nitrogens with one attached hydrogen (secondary N) is 1. The van der Waals surface area contributed by atoms with Crippen LogP contribution in [0.2, 0.25) is 0 Å². The summed E-state index contributed by atoms with van der Waals surface area (Å²) in [7, 11) is 0. The summed E-state index contributed by atoms with van der Waals surface area (Å²) in [6.07, 6.45) is 1.70. The maximum atomic E-state index is 7.14. The fraction of sp³-hybridized carbons (Fsp3) is 0.200. The molecule has 0 aromatic heterocycles. The summed E-state index contributed by atoms with van der Waals surface area (Å²) in [5.41, 5.74) is 11.4. The maximum absolute atomic E-state index is 7.14. The molecule has 0 atom stereocenters. The molecule has 0 unspecified atom stereocenters. The molecule has 0 spiro atoms. The Morgan fingerprint density at radius 1 is 1.64 bits per heavy atom. The number of guanidine groups is 1. The first-order valence-corrected chi connectivity index (χ1v) is 4.15. The van der Waals surface area contributed by atoms with Gasteiger partial charge in [0.1, 0.15) is 0 Å². The molecule has 4 nitrogen and oxygen atoms in total. The van der Waals surface area contributed by atoms with Gasteiger partial charge in [0.05, 0.1) is 0 Å². The average molecular weight is 193 g/mol. The van der Waals surface area contributed by atoms with Crippen LogP contribution in [0, 0.1) is 5.41 Å². The van der Waals surface area contributed by atoms with Gasteiger partial charge in [0.15, 0.2) is 11.1 Å². The quantitative estimate of drug-likeness (QED) is 0.444. The highest BCUT2D eigenvalue weighted by Gasteiger charge is 1.91. The molecule has 0 aliphatic rings. The summed E-state index contributed by atoms with van der Waals surface area (Å²) in [6, 6.07) is 0. The van der Waals surface area contributed by atoms with Crippen molar-refractivity contribution in [2.24, 2.45) is 16.5 Å². The molecule has 0 amide bonds. The SMILES string of the molecule is N=C(N=C(N)N)SC/C=C/Cl. The smallest absolute Gasteiger partial charge is 0.193 e. The minimum absolute atomic E-state index is 0.0831. The van der Waals surface area contributed by atoms with Gasteiger partial charge in [-0.15, -0.1) is 0 Å². The predicted molar refractivity (Wildman–Crippen MR) is 51.0 cm³/mol. The lowest BCUT2D eigenvalue weighted by Crippen LogP contribution is -2.23. The van der Waals surface area contributed by atoms with E-state index in [9.17, 15) is 0 Å². The lowest BCUT2D eigenvalue weighted by molar-refractivity contribution is 1.44. The average Bonchev–Trinajstić information content (AvgIpc) is 1.86. The maximum Gasteiger partial charge on any atom is 0.193 e. The Morgan fingerprint density at radius 3 is 2.73 bits per heavy atom. The van der Waals surface area contributed by atoms with E-state index in [1.165, 1.54) is 17.3 Å². The molecule has 0 heterocycles. The predicted octanol–water partition coefficient (Wildman–Crippen LogP) is 0.680. The molecule has 0 aromatic rings. The standard InChI is InChI=1S/C5H9ClN4S/c6-2-1-3-11-5(9)10-4(7)8/h1-2H,3H2,(H5,7,8,9,10)/b2-1+. The Bertz CT molecular complexity index is 185.